The van der Waals surface area contributed by atoms with Gasteiger partial charge >= 0.3 is 0 Å². The first kappa shape index (κ1) is 16.5. The van der Waals surface area contributed by atoms with Crippen molar-refractivity contribution in [2.45, 2.75) is 38.8 Å². The number of nitrogens with zero attached hydrogens (tertiary/aromatic N) is 1. The zero-order chi connectivity index (χ0) is 15.2. The molecular weight excluding hydrogens is 282 g/mol. The van der Waals surface area contributed by atoms with Crippen molar-refractivity contribution < 1.29 is 4.79 Å². The maximum Gasteiger partial charge on any atom is 0.234 e. The van der Waals surface area contributed by atoms with Gasteiger partial charge in [-0.1, -0.05) is 19.9 Å². The summed E-state index contributed by atoms with van der Waals surface area (Å²) in [5, 5.41) is 8.72. The Labute approximate surface area is 131 Å². The third kappa shape index (κ3) is 5.09. The van der Waals surface area contributed by atoms with E-state index in [0.717, 1.165) is 13.1 Å². The zero-order valence-electron chi connectivity index (χ0n) is 13.3. The monoisotopic (exact) mass is 309 g/mol. The Kier molecular flexibility index (Phi) is 6.21. The summed E-state index contributed by atoms with van der Waals surface area (Å²) in [6.07, 6.45) is 2.47. The molecule has 2 atom stereocenters. The van der Waals surface area contributed by atoms with Crippen molar-refractivity contribution in [2.24, 2.45) is 5.92 Å². The van der Waals surface area contributed by atoms with Gasteiger partial charge < -0.3 is 10.6 Å². The maximum atomic E-state index is 12.3. The molecular formula is C16H27N3OS. The molecule has 1 amide bonds. The summed E-state index contributed by atoms with van der Waals surface area (Å²) < 4.78 is 0. The lowest BCUT2D eigenvalue weighted by molar-refractivity contribution is -0.123. The van der Waals surface area contributed by atoms with Gasteiger partial charge in [-0.3, -0.25) is 9.69 Å². The molecule has 0 saturated carbocycles. The fourth-order valence-electron chi connectivity index (χ4n) is 2.85. The van der Waals surface area contributed by atoms with E-state index in [-0.39, 0.29) is 11.9 Å². The molecule has 1 aromatic rings. The first-order chi connectivity index (χ1) is 10.1. The van der Waals surface area contributed by atoms with Gasteiger partial charge in [0.25, 0.3) is 0 Å². The summed E-state index contributed by atoms with van der Waals surface area (Å²) in [5.74, 6) is 0.511. The van der Waals surface area contributed by atoms with Gasteiger partial charge in [0.15, 0.2) is 0 Å². The van der Waals surface area contributed by atoms with Crippen molar-refractivity contribution in [1.29, 1.82) is 0 Å². The zero-order valence-corrected chi connectivity index (χ0v) is 14.1. The summed E-state index contributed by atoms with van der Waals surface area (Å²) in [4.78, 5) is 15.6. The molecule has 0 spiro atoms. The van der Waals surface area contributed by atoms with Gasteiger partial charge in [-0.05, 0) is 43.8 Å². The molecule has 4 nitrogen and oxygen atoms in total. The second-order valence-corrected chi connectivity index (χ2v) is 7.27. The summed E-state index contributed by atoms with van der Waals surface area (Å²) in [6.45, 7) is 6.82. The topological polar surface area (TPSA) is 44.4 Å². The van der Waals surface area contributed by atoms with E-state index in [1.54, 1.807) is 11.3 Å². The molecule has 1 fully saturated rings. The minimum absolute atomic E-state index is 0.114. The Balaban J connectivity index is 1.81. The van der Waals surface area contributed by atoms with Crippen molar-refractivity contribution in [3.8, 4) is 0 Å². The summed E-state index contributed by atoms with van der Waals surface area (Å²) in [5.41, 5.74) is 0. The second-order valence-electron chi connectivity index (χ2n) is 6.29. The minimum atomic E-state index is 0.114. The number of rotatable bonds is 7. The van der Waals surface area contributed by atoms with E-state index in [0.29, 0.717) is 18.5 Å². The van der Waals surface area contributed by atoms with Crippen LogP contribution in [-0.2, 0) is 4.79 Å². The SMILES string of the molecule is CC(C)C(NC(=O)CN(C)CC1CCCN1)c1cccs1. The molecule has 1 aromatic heterocycles. The molecule has 0 bridgehead atoms. The van der Waals surface area contributed by atoms with Crippen LogP contribution in [0.2, 0.25) is 0 Å². The van der Waals surface area contributed by atoms with Crippen molar-refractivity contribution in [2.75, 3.05) is 26.7 Å². The smallest absolute Gasteiger partial charge is 0.234 e. The molecule has 0 radical (unpaired) electrons. The fraction of sp³-hybridized carbons (Fsp3) is 0.688. The van der Waals surface area contributed by atoms with Crippen LogP contribution in [0.1, 0.15) is 37.6 Å². The maximum absolute atomic E-state index is 12.3. The summed E-state index contributed by atoms with van der Waals surface area (Å²) in [6, 6.07) is 4.80. The van der Waals surface area contributed by atoms with Crippen molar-refractivity contribution in [3.05, 3.63) is 22.4 Å². The molecule has 5 heteroatoms. The quantitative estimate of drug-likeness (QED) is 0.812. The molecule has 1 saturated heterocycles. The first-order valence-electron chi connectivity index (χ1n) is 7.81. The van der Waals surface area contributed by atoms with Gasteiger partial charge in [0, 0.05) is 17.5 Å². The molecule has 2 N–H and O–H groups in total. The van der Waals surface area contributed by atoms with E-state index in [4.69, 9.17) is 0 Å². The predicted molar refractivity (Wildman–Crippen MR) is 88.6 cm³/mol. The van der Waals surface area contributed by atoms with Gasteiger partial charge in [0.05, 0.1) is 12.6 Å². The molecule has 1 aliphatic rings. The van der Waals surface area contributed by atoms with Gasteiger partial charge in [0.1, 0.15) is 0 Å². The van der Waals surface area contributed by atoms with E-state index in [1.807, 2.05) is 13.1 Å². The van der Waals surface area contributed by atoms with E-state index in [9.17, 15) is 4.79 Å². The highest BCUT2D eigenvalue weighted by atomic mass is 32.1. The van der Waals surface area contributed by atoms with Crippen molar-refractivity contribution >= 4 is 17.2 Å². The van der Waals surface area contributed by atoms with Gasteiger partial charge in [-0.25, -0.2) is 0 Å². The third-order valence-corrected chi connectivity index (χ3v) is 4.90. The Hall–Kier alpha value is -0.910. The molecule has 1 aliphatic heterocycles. The number of nitrogens with one attached hydrogen (secondary N) is 2. The fourth-order valence-corrected chi connectivity index (χ4v) is 3.80. The van der Waals surface area contributed by atoms with Crippen LogP contribution < -0.4 is 10.6 Å². The first-order valence-corrected chi connectivity index (χ1v) is 8.69. The number of thiophene rings is 1. The Morgan fingerprint density at radius 3 is 2.95 bits per heavy atom. The van der Waals surface area contributed by atoms with Gasteiger partial charge in [-0.15, -0.1) is 11.3 Å². The van der Waals surface area contributed by atoms with Gasteiger partial charge in [0.2, 0.25) is 5.91 Å². The minimum Gasteiger partial charge on any atom is -0.347 e. The van der Waals surface area contributed by atoms with E-state index in [1.165, 1.54) is 17.7 Å². The lowest BCUT2D eigenvalue weighted by atomic mass is 10.0. The Morgan fingerprint density at radius 1 is 1.57 bits per heavy atom. The van der Waals surface area contributed by atoms with Crippen LogP contribution in [-0.4, -0.2) is 43.5 Å². The molecule has 2 rings (SSSR count). The number of carbonyl (C=O) groups is 1. The predicted octanol–water partition coefficient (Wildman–Crippen LogP) is 2.25. The molecule has 0 aromatic carbocycles. The number of carbonyl (C=O) groups excluding carboxylic acids is 1. The highest BCUT2D eigenvalue weighted by molar-refractivity contribution is 7.10. The van der Waals surface area contributed by atoms with Crippen LogP contribution in [0.5, 0.6) is 0 Å². The summed E-state index contributed by atoms with van der Waals surface area (Å²) >= 11 is 1.71. The second kappa shape index (κ2) is 7.92. The van der Waals surface area contributed by atoms with Crippen LogP contribution in [0.25, 0.3) is 0 Å². The highest BCUT2D eigenvalue weighted by Gasteiger charge is 2.21. The number of hydrogen-bond donors (Lipinski definition) is 2. The normalized spacial score (nSPS) is 20.1. The van der Waals surface area contributed by atoms with Crippen LogP contribution in [0.3, 0.4) is 0 Å². The van der Waals surface area contributed by atoms with Crippen LogP contribution in [0.15, 0.2) is 17.5 Å². The molecule has 21 heavy (non-hydrogen) atoms. The Morgan fingerprint density at radius 2 is 2.38 bits per heavy atom. The van der Waals surface area contributed by atoms with Crippen molar-refractivity contribution in [3.63, 3.8) is 0 Å². The van der Waals surface area contributed by atoms with Crippen LogP contribution >= 0.6 is 11.3 Å². The average Bonchev–Trinajstić information content (AvgIpc) is 3.07. The lowest BCUT2D eigenvalue weighted by Crippen LogP contribution is -2.42. The number of hydrogen-bond acceptors (Lipinski definition) is 4. The molecule has 0 aliphatic carbocycles. The third-order valence-electron chi connectivity index (χ3n) is 3.94. The number of amides is 1. The average molecular weight is 309 g/mol. The Bertz CT molecular complexity index is 427. The van der Waals surface area contributed by atoms with Crippen LogP contribution in [0, 0.1) is 5.92 Å². The molecule has 2 heterocycles. The largest absolute Gasteiger partial charge is 0.347 e. The lowest BCUT2D eigenvalue weighted by Gasteiger charge is -2.24. The standard InChI is InChI=1S/C16H27N3OS/c1-12(2)16(14-7-5-9-21-14)18-15(20)11-19(3)10-13-6-4-8-17-13/h5,7,9,12-13,16-17H,4,6,8,10-11H2,1-3H3,(H,18,20). The van der Waals surface area contributed by atoms with E-state index in [2.05, 4.69) is 40.8 Å². The van der Waals surface area contributed by atoms with E-state index < -0.39 is 0 Å². The molecule has 2 unspecified atom stereocenters. The molecule has 118 valence electrons. The van der Waals surface area contributed by atoms with E-state index >= 15 is 0 Å². The highest BCUT2D eigenvalue weighted by Crippen LogP contribution is 2.25. The summed E-state index contributed by atoms with van der Waals surface area (Å²) in [7, 11) is 2.02. The van der Waals surface area contributed by atoms with Crippen molar-refractivity contribution in [1.82, 2.24) is 15.5 Å². The number of likely N-dealkylation sites (N-methyl/N-ethyl adjacent to an activating group) is 1. The van der Waals surface area contributed by atoms with Gasteiger partial charge in [-0.2, -0.15) is 0 Å². The van der Waals surface area contributed by atoms with Crippen LogP contribution in [0.4, 0.5) is 0 Å².